The Bertz CT molecular complexity index is 172. The molecule has 0 spiro atoms. The van der Waals surface area contributed by atoms with Crippen LogP contribution < -0.4 is 0 Å². The van der Waals surface area contributed by atoms with Gasteiger partial charge in [-0.1, -0.05) is 0 Å². The van der Waals surface area contributed by atoms with Crippen LogP contribution >= 0.6 is 0 Å². The van der Waals surface area contributed by atoms with Crippen molar-refractivity contribution in [2.45, 2.75) is 33.2 Å². The Kier molecular flexibility index (Phi) is 2.53. The lowest BCUT2D eigenvalue weighted by Crippen LogP contribution is -2.44. The molecule has 0 aromatic heterocycles. The second-order valence-corrected chi connectivity index (χ2v) is 3.38. The minimum Gasteiger partial charge on any atom is -0.266 e. The van der Waals surface area contributed by atoms with E-state index in [0.717, 1.165) is 12.6 Å². The van der Waals surface area contributed by atoms with E-state index in [1.54, 1.807) is 0 Å². The van der Waals surface area contributed by atoms with Gasteiger partial charge in [-0.15, -0.1) is 0 Å². The van der Waals surface area contributed by atoms with Gasteiger partial charge in [-0.2, -0.15) is 0 Å². The van der Waals surface area contributed by atoms with Crippen LogP contribution in [0.2, 0.25) is 0 Å². The predicted octanol–water partition coefficient (Wildman–Crippen LogP) is 1.16. The fourth-order valence-corrected chi connectivity index (χ4v) is 1.63. The molecule has 1 rings (SSSR count). The Morgan fingerprint density at radius 1 is 1.64 bits per heavy atom. The van der Waals surface area contributed by atoms with E-state index in [9.17, 15) is 0 Å². The van der Waals surface area contributed by atoms with Crippen molar-refractivity contribution >= 4 is 5.84 Å². The molecule has 11 heavy (non-hydrogen) atoms. The van der Waals surface area contributed by atoms with E-state index in [1.165, 1.54) is 18.8 Å². The van der Waals surface area contributed by atoms with Gasteiger partial charge >= 0.3 is 0 Å². The fraction of sp³-hybridized carbons (Fsp3) is 0.889. The van der Waals surface area contributed by atoms with E-state index in [0.29, 0.717) is 0 Å². The number of amidine groups is 1. The number of rotatable bonds is 1. The van der Waals surface area contributed by atoms with Crippen molar-refractivity contribution in [3.8, 4) is 0 Å². The van der Waals surface area contributed by atoms with E-state index in [1.807, 2.05) is 0 Å². The summed E-state index contributed by atoms with van der Waals surface area (Å²) in [6.07, 6.45) is 1.29. The van der Waals surface area contributed by atoms with Gasteiger partial charge in [0.05, 0.1) is 26.2 Å². The average molecular weight is 155 g/mol. The molecular weight excluding hydrogens is 136 g/mol. The number of nitrogens with zero attached hydrogens (tertiary/aromatic N) is 2. The lowest BCUT2D eigenvalue weighted by atomic mass is 10.2. The molecule has 0 fully saturated rings. The lowest BCUT2D eigenvalue weighted by molar-refractivity contribution is -0.545. The molecule has 1 aliphatic rings. The van der Waals surface area contributed by atoms with Gasteiger partial charge in [0, 0.05) is 13.3 Å². The maximum absolute atomic E-state index is 2.43. The van der Waals surface area contributed by atoms with Crippen molar-refractivity contribution in [2.24, 2.45) is 0 Å². The highest BCUT2D eigenvalue weighted by atomic mass is 15.3. The SMILES string of the molecule is CCN1CCC(C)[N+](C)=C1C. The zero-order valence-electron chi connectivity index (χ0n) is 8.09. The second-order valence-electron chi connectivity index (χ2n) is 3.38. The first-order chi connectivity index (χ1) is 5.16. The average Bonchev–Trinajstić information content (AvgIpc) is 2.01. The molecule has 1 aliphatic heterocycles. The van der Waals surface area contributed by atoms with Gasteiger partial charge in [0.15, 0.2) is 0 Å². The summed E-state index contributed by atoms with van der Waals surface area (Å²) in [5.41, 5.74) is 0. The van der Waals surface area contributed by atoms with Crippen molar-refractivity contribution in [3.63, 3.8) is 0 Å². The maximum Gasteiger partial charge on any atom is 0.243 e. The molecule has 64 valence electrons. The maximum atomic E-state index is 2.43. The molecule has 2 heteroatoms. The van der Waals surface area contributed by atoms with Gasteiger partial charge < -0.3 is 0 Å². The highest BCUT2D eigenvalue weighted by molar-refractivity contribution is 5.75. The van der Waals surface area contributed by atoms with Crippen molar-refractivity contribution in [3.05, 3.63) is 0 Å². The van der Waals surface area contributed by atoms with Crippen molar-refractivity contribution in [1.29, 1.82) is 0 Å². The first kappa shape index (κ1) is 8.57. The molecular formula is C9H19N2+. The molecule has 2 nitrogen and oxygen atoms in total. The van der Waals surface area contributed by atoms with Crippen LogP contribution in [0.1, 0.15) is 27.2 Å². The summed E-state index contributed by atoms with van der Waals surface area (Å²) in [7, 11) is 2.18. The molecule has 1 unspecified atom stereocenters. The summed E-state index contributed by atoms with van der Waals surface area (Å²) in [4.78, 5) is 2.43. The molecule has 0 aromatic rings. The summed E-state index contributed by atoms with van der Waals surface area (Å²) < 4.78 is 2.37. The van der Waals surface area contributed by atoms with Crippen LogP contribution in [0.4, 0.5) is 0 Å². The number of hydrogen-bond donors (Lipinski definition) is 0. The van der Waals surface area contributed by atoms with Crippen molar-refractivity contribution in [1.82, 2.24) is 4.90 Å². The van der Waals surface area contributed by atoms with Crippen molar-refractivity contribution in [2.75, 3.05) is 20.1 Å². The number of hydrogen-bond acceptors (Lipinski definition) is 1. The van der Waals surface area contributed by atoms with Crippen LogP contribution in [0, 0.1) is 0 Å². The van der Waals surface area contributed by atoms with Crippen molar-refractivity contribution < 1.29 is 4.58 Å². The van der Waals surface area contributed by atoms with Crippen LogP contribution in [0.15, 0.2) is 0 Å². The third kappa shape index (κ3) is 1.55. The Labute approximate surface area is 69.5 Å². The monoisotopic (exact) mass is 155 g/mol. The summed E-state index contributed by atoms with van der Waals surface area (Å²) in [5.74, 6) is 1.42. The molecule has 1 atom stereocenters. The summed E-state index contributed by atoms with van der Waals surface area (Å²) >= 11 is 0. The fourth-order valence-electron chi connectivity index (χ4n) is 1.63. The largest absolute Gasteiger partial charge is 0.266 e. The van der Waals surface area contributed by atoms with E-state index in [4.69, 9.17) is 0 Å². The van der Waals surface area contributed by atoms with Crippen LogP contribution in [0.5, 0.6) is 0 Å². The molecule has 1 heterocycles. The van der Waals surface area contributed by atoms with Crippen LogP contribution in [-0.2, 0) is 0 Å². The zero-order chi connectivity index (χ0) is 8.43. The van der Waals surface area contributed by atoms with Crippen LogP contribution in [0.3, 0.4) is 0 Å². The van der Waals surface area contributed by atoms with E-state index in [-0.39, 0.29) is 0 Å². The molecule has 0 N–H and O–H groups in total. The third-order valence-electron chi connectivity index (χ3n) is 2.83. The quantitative estimate of drug-likeness (QED) is 0.515. The third-order valence-corrected chi connectivity index (χ3v) is 2.83. The minimum atomic E-state index is 0.720. The highest BCUT2D eigenvalue weighted by Crippen LogP contribution is 2.07. The van der Waals surface area contributed by atoms with Crippen LogP contribution in [-0.4, -0.2) is 41.5 Å². The van der Waals surface area contributed by atoms with Gasteiger partial charge in [0.1, 0.15) is 0 Å². The highest BCUT2D eigenvalue weighted by Gasteiger charge is 2.24. The smallest absolute Gasteiger partial charge is 0.243 e. The normalized spacial score (nSPS) is 26.2. The molecule has 0 bridgehead atoms. The first-order valence-corrected chi connectivity index (χ1v) is 4.48. The second kappa shape index (κ2) is 3.24. The Balaban J connectivity index is 2.78. The van der Waals surface area contributed by atoms with Gasteiger partial charge in [-0.3, -0.25) is 9.48 Å². The first-order valence-electron chi connectivity index (χ1n) is 4.48. The van der Waals surface area contributed by atoms with Gasteiger partial charge in [-0.05, 0) is 13.8 Å². The molecule has 0 saturated carbocycles. The zero-order valence-corrected chi connectivity index (χ0v) is 8.09. The Hall–Kier alpha value is -0.530. The Morgan fingerprint density at radius 2 is 2.27 bits per heavy atom. The van der Waals surface area contributed by atoms with Gasteiger partial charge in [-0.25, -0.2) is 0 Å². The summed E-state index contributed by atoms with van der Waals surface area (Å²) in [5, 5.41) is 0. The van der Waals surface area contributed by atoms with E-state index >= 15 is 0 Å². The molecule has 0 aromatic carbocycles. The van der Waals surface area contributed by atoms with Gasteiger partial charge in [0.25, 0.3) is 0 Å². The van der Waals surface area contributed by atoms with Crippen LogP contribution in [0.25, 0.3) is 0 Å². The minimum absolute atomic E-state index is 0.720. The lowest BCUT2D eigenvalue weighted by Gasteiger charge is -2.26. The molecule has 0 aliphatic carbocycles. The van der Waals surface area contributed by atoms with Gasteiger partial charge in [0.2, 0.25) is 5.84 Å². The van der Waals surface area contributed by atoms with E-state index < -0.39 is 0 Å². The Morgan fingerprint density at radius 3 is 2.82 bits per heavy atom. The molecule has 0 saturated heterocycles. The standard InChI is InChI=1S/C9H19N2/c1-5-11-7-6-8(2)10(4)9(11)3/h8H,5-7H2,1-4H3/q+1. The predicted molar refractivity (Wildman–Crippen MR) is 48.2 cm³/mol. The molecule has 0 radical (unpaired) electrons. The summed E-state index contributed by atoms with van der Waals surface area (Å²) in [6, 6.07) is 0.720. The van der Waals surface area contributed by atoms with E-state index in [2.05, 4.69) is 37.3 Å². The molecule has 0 amide bonds. The topological polar surface area (TPSA) is 6.25 Å². The summed E-state index contributed by atoms with van der Waals surface area (Å²) in [6.45, 7) is 9.08.